The molecule has 0 saturated carbocycles. The van der Waals surface area contributed by atoms with E-state index in [9.17, 15) is 14.4 Å². The molecule has 0 spiro atoms. The van der Waals surface area contributed by atoms with Gasteiger partial charge in [0.25, 0.3) is 0 Å². The van der Waals surface area contributed by atoms with E-state index >= 15 is 0 Å². The first-order valence-corrected chi connectivity index (χ1v) is 8.06. The maximum atomic E-state index is 12.0. The molecule has 0 aliphatic carbocycles. The molecule has 3 rings (SSSR count). The molecule has 0 radical (unpaired) electrons. The number of hydrogen-bond donors (Lipinski definition) is 1. The topological polar surface area (TPSA) is 79.4 Å². The van der Waals surface area contributed by atoms with Crippen LogP contribution >= 0.6 is 11.3 Å². The van der Waals surface area contributed by atoms with Gasteiger partial charge in [-0.25, -0.2) is 4.98 Å². The number of hydrogen-bond acceptors (Lipinski definition) is 5. The van der Waals surface area contributed by atoms with E-state index in [1.807, 2.05) is 36.6 Å². The Kier molecular flexibility index (Phi) is 4.20. The first kappa shape index (κ1) is 15.4. The van der Waals surface area contributed by atoms with Crippen molar-refractivity contribution in [2.75, 3.05) is 11.9 Å². The van der Waals surface area contributed by atoms with Crippen molar-refractivity contribution in [2.45, 2.75) is 19.8 Å². The number of likely N-dealkylation sites (tertiary alicyclic amines) is 1. The van der Waals surface area contributed by atoms with Crippen LogP contribution in [-0.4, -0.2) is 34.2 Å². The number of amides is 3. The summed E-state index contributed by atoms with van der Waals surface area (Å²) in [7, 11) is 0. The molecule has 1 fully saturated rings. The number of carbonyl (C=O) groups is 3. The van der Waals surface area contributed by atoms with Gasteiger partial charge in [-0.1, -0.05) is 29.8 Å². The molecule has 1 aliphatic rings. The van der Waals surface area contributed by atoms with Gasteiger partial charge in [-0.2, -0.15) is 0 Å². The van der Waals surface area contributed by atoms with Crippen LogP contribution in [0, 0.1) is 6.92 Å². The second-order valence-corrected chi connectivity index (χ2v) is 6.18. The normalized spacial score (nSPS) is 14.4. The van der Waals surface area contributed by atoms with Crippen LogP contribution in [0.15, 0.2) is 29.6 Å². The molecule has 1 saturated heterocycles. The fourth-order valence-electron chi connectivity index (χ4n) is 2.29. The highest BCUT2D eigenvalue weighted by molar-refractivity contribution is 7.14. The molecule has 7 heteroatoms. The molecule has 0 atom stereocenters. The summed E-state index contributed by atoms with van der Waals surface area (Å²) < 4.78 is 0. The largest absolute Gasteiger partial charge is 0.300 e. The van der Waals surface area contributed by atoms with Crippen molar-refractivity contribution in [1.29, 1.82) is 0 Å². The molecule has 3 amide bonds. The number of benzene rings is 1. The van der Waals surface area contributed by atoms with E-state index in [0.29, 0.717) is 5.13 Å². The molecule has 6 nitrogen and oxygen atoms in total. The third-order valence-corrected chi connectivity index (χ3v) is 4.31. The van der Waals surface area contributed by atoms with Crippen LogP contribution < -0.4 is 5.32 Å². The summed E-state index contributed by atoms with van der Waals surface area (Å²) in [5.74, 6) is -1.02. The molecule has 1 N–H and O–H groups in total. The van der Waals surface area contributed by atoms with E-state index in [0.717, 1.165) is 21.7 Å². The van der Waals surface area contributed by atoms with E-state index in [1.165, 1.54) is 11.3 Å². The smallest absolute Gasteiger partial charge is 0.246 e. The lowest BCUT2D eigenvalue weighted by atomic mass is 10.1. The Hall–Kier alpha value is -2.54. The minimum absolute atomic E-state index is 0.181. The summed E-state index contributed by atoms with van der Waals surface area (Å²) in [6.45, 7) is 1.76. The molecule has 23 heavy (non-hydrogen) atoms. The fraction of sp³-hybridized carbons (Fsp3) is 0.250. The van der Waals surface area contributed by atoms with E-state index in [2.05, 4.69) is 10.3 Å². The van der Waals surface area contributed by atoms with Gasteiger partial charge in [0.05, 0.1) is 5.69 Å². The van der Waals surface area contributed by atoms with Gasteiger partial charge in [-0.05, 0) is 6.92 Å². The number of thiazole rings is 1. The van der Waals surface area contributed by atoms with Gasteiger partial charge in [0, 0.05) is 23.8 Å². The summed E-state index contributed by atoms with van der Waals surface area (Å²) in [5, 5.41) is 4.94. The maximum absolute atomic E-state index is 12.0. The number of anilines is 1. The Bertz CT molecular complexity index is 751. The van der Waals surface area contributed by atoms with Crippen LogP contribution in [0.3, 0.4) is 0 Å². The van der Waals surface area contributed by atoms with Crippen LogP contribution in [0.5, 0.6) is 0 Å². The number of carbonyl (C=O) groups excluding carboxylic acids is 3. The molecule has 0 bridgehead atoms. The Morgan fingerprint density at radius 2 is 1.87 bits per heavy atom. The standard InChI is InChI=1S/C16H15N3O3S/c1-10-2-4-11(5-3-10)12-9-23-16(17-12)18-13(20)8-19-14(21)6-7-15(19)22/h2-5,9H,6-8H2,1H3,(H,17,18,20). The van der Waals surface area contributed by atoms with Gasteiger partial charge < -0.3 is 5.32 Å². The number of nitrogens with zero attached hydrogens (tertiary/aromatic N) is 2. The maximum Gasteiger partial charge on any atom is 0.246 e. The molecule has 118 valence electrons. The molecule has 2 heterocycles. The van der Waals surface area contributed by atoms with E-state index in [-0.39, 0.29) is 31.2 Å². The lowest BCUT2D eigenvalue weighted by Gasteiger charge is -2.12. The molecule has 2 aromatic rings. The van der Waals surface area contributed by atoms with Crippen molar-refractivity contribution in [3.63, 3.8) is 0 Å². The van der Waals surface area contributed by atoms with Crippen molar-refractivity contribution < 1.29 is 14.4 Å². The Labute approximate surface area is 137 Å². The molecule has 0 unspecified atom stereocenters. The summed E-state index contributed by atoms with van der Waals surface area (Å²) in [6, 6.07) is 7.93. The predicted molar refractivity (Wildman–Crippen MR) is 86.9 cm³/mol. The summed E-state index contributed by atoms with van der Waals surface area (Å²) in [6.07, 6.45) is 0.363. The Morgan fingerprint density at radius 1 is 1.22 bits per heavy atom. The lowest BCUT2D eigenvalue weighted by molar-refractivity contribution is -0.141. The zero-order valence-electron chi connectivity index (χ0n) is 12.5. The highest BCUT2D eigenvalue weighted by Crippen LogP contribution is 2.25. The fourth-order valence-corrected chi connectivity index (χ4v) is 3.03. The van der Waals surface area contributed by atoms with Gasteiger partial charge in [0.15, 0.2) is 5.13 Å². The van der Waals surface area contributed by atoms with Crippen molar-refractivity contribution in [3.05, 3.63) is 35.2 Å². The Morgan fingerprint density at radius 3 is 2.52 bits per heavy atom. The van der Waals surface area contributed by atoms with Crippen LogP contribution in [-0.2, 0) is 14.4 Å². The monoisotopic (exact) mass is 329 g/mol. The third-order valence-electron chi connectivity index (χ3n) is 3.55. The summed E-state index contributed by atoms with van der Waals surface area (Å²) in [4.78, 5) is 40.3. The summed E-state index contributed by atoms with van der Waals surface area (Å²) >= 11 is 1.30. The van der Waals surface area contributed by atoms with Crippen LogP contribution in [0.4, 0.5) is 5.13 Å². The minimum atomic E-state index is -0.418. The van der Waals surface area contributed by atoms with Gasteiger partial charge in [-0.15, -0.1) is 11.3 Å². The van der Waals surface area contributed by atoms with Gasteiger partial charge in [-0.3, -0.25) is 19.3 Å². The average molecular weight is 329 g/mol. The van der Waals surface area contributed by atoms with Crippen LogP contribution in [0.1, 0.15) is 18.4 Å². The van der Waals surface area contributed by atoms with Crippen molar-refractivity contribution in [2.24, 2.45) is 0 Å². The molecular weight excluding hydrogens is 314 g/mol. The minimum Gasteiger partial charge on any atom is -0.300 e. The average Bonchev–Trinajstić information content (AvgIpc) is 3.10. The van der Waals surface area contributed by atoms with E-state index < -0.39 is 5.91 Å². The predicted octanol–water partition coefficient (Wildman–Crippen LogP) is 2.21. The first-order valence-electron chi connectivity index (χ1n) is 7.18. The molecular formula is C16H15N3O3S. The first-order chi connectivity index (χ1) is 11.0. The van der Waals surface area contributed by atoms with E-state index in [1.54, 1.807) is 0 Å². The highest BCUT2D eigenvalue weighted by Gasteiger charge is 2.30. The van der Waals surface area contributed by atoms with Crippen molar-refractivity contribution in [3.8, 4) is 11.3 Å². The van der Waals surface area contributed by atoms with Gasteiger partial charge in [0.1, 0.15) is 6.54 Å². The third kappa shape index (κ3) is 3.45. The summed E-state index contributed by atoms with van der Waals surface area (Å²) in [5.41, 5.74) is 2.91. The number of imide groups is 1. The SMILES string of the molecule is Cc1ccc(-c2csc(NC(=O)CN3C(=O)CCC3=O)n2)cc1. The second kappa shape index (κ2) is 6.29. The van der Waals surface area contributed by atoms with Crippen molar-refractivity contribution >= 4 is 34.2 Å². The van der Waals surface area contributed by atoms with Crippen molar-refractivity contribution in [1.82, 2.24) is 9.88 Å². The van der Waals surface area contributed by atoms with E-state index in [4.69, 9.17) is 0 Å². The number of aromatic nitrogens is 1. The number of nitrogens with one attached hydrogen (secondary N) is 1. The van der Waals surface area contributed by atoms with Gasteiger partial charge in [0.2, 0.25) is 17.7 Å². The molecule has 1 aromatic carbocycles. The number of aryl methyl sites for hydroxylation is 1. The quantitative estimate of drug-likeness (QED) is 0.872. The lowest BCUT2D eigenvalue weighted by Crippen LogP contribution is -2.36. The van der Waals surface area contributed by atoms with Crippen LogP contribution in [0.2, 0.25) is 0 Å². The molecule has 1 aliphatic heterocycles. The second-order valence-electron chi connectivity index (χ2n) is 5.33. The van der Waals surface area contributed by atoms with Crippen LogP contribution in [0.25, 0.3) is 11.3 Å². The van der Waals surface area contributed by atoms with Gasteiger partial charge >= 0.3 is 0 Å². The Balaban J connectivity index is 1.64. The molecule has 1 aromatic heterocycles. The zero-order valence-corrected chi connectivity index (χ0v) is 13.4. The zero-order chi connectivity index (χ0) is 16.4. The number of rotatable bonds is 4. The highest BCUT2D eigenvalue weighted by atomic mass is 32.1.